The molecule has 0 aliphatic carbocycles. The first-order chi connectivity index (χ1) is 19.2. The second-order valence-electron chi connectivity index (χ2n) is 10.1. The summed E-state index contributed by atoms with van der Waals surface area (Å²) in [5, 5.41) is 7.52. The van der Waals surface area contributed by atoms with Gasteiger partial charge in [-0.05, 0) is 51.7 Å². The molecule has 210 valence electrons. The molecule has 0 radical (unpaired) electrons. The Morgan fingerprint density at radius 1 is 1.07 bits per heavy atom. The number of nitrogens with one attached hydrogen (secondary N) is 2. The first-order valence-electron chi connectivity index (χ1n) is 13.4. The van der Waals surface area contributed by atoms with E-state index in [0.29, 0.717) is 23.1 Å². The zero-order valence-electron chi connectivity index (χ0n) is 24.4. The Hall–Kier alpha value is -4.37. The first kappa shape index (κ1) is 28.6. The highest BCUT2D eigenvalue weighted by molar-refractivity contribution is 6.02. The van der Waals surface area contributed by atoms with Crippen molar-refractivity contribution in [2.75, 3.05) is 56.9 Å². The smallest absolute Gasteiger partial charge is 0.248 e. The van der Waals surface area contributed by atoms with E-state index < -0.39 is 0 Å². The Bertz CT molecular complexity index is 1520. The van der Waals surface area contributed by atoms with E-state index in [9.17, 15) is 4.79 Å². The fourth-order valence-electron chi connectivity index (χ4n) is 4.55. The number of hydrogen-bond acceptors (Lipinski definition) is 7. The number of aryl methyl sites for hydroxylation is 2. The van der Waals surface area contributed by atoms with Crippen LogP contribution in [-0.2, 0) is 11.8 Å². The second kappa shape index (κ2) is 12.7. The predicted molar refractivity (Wildman–Crippen MR) is 165 cm³/mol. The van der Waals surface area contributed by atoms with Crippen LogP contribution in [0.5, 0.6) is 5.75 Å². The fraction of sp³-hybridized carbons (Fsp3) is 0.323. The molecule has 0 spiro atoms. The molecule has 0 fully saturated rings. The zero-order chi connectivity index (χ0) is 28.8. The van der Waals surface area contributed by atoms with Crippen LogP contribution in [0.2, 0.25) is 0 Å². The van der Waals surface area contributed by atoms with Crippen molar-refractivity contribution in [1.82, 2.24) is 19.4 Å². The Morgan fingerprint density at radius 3 is 2.58 bits per heavy atom. The highest BCUT2D eigenvalue weighted by atomic mass is 16.5. The molecule has 4 rings (SSSR count). The maximum Gasteiger partial charge on any atom is 0.248 e. The number of hydrogen-bond donors (Lipinski definition) is 2. The lowest BCUT2D eigenvalue weighted by Gasteiger charge is -2.26. The van der Waals surface area contributed by atoms with Crippen molar-refractivity contribution in [2.45, 2.75) is 20.3 Å². The van der Waals surface area contributed by atoms with Gasteiger partial charge in [-0.15, -0.1) is 0 Å². The molecule has 2 heterocycles. The van der Waals surface area contributed by atoms with Gasteiger partial charge >= 0.3 is 0 Å². The van der Waals surface area contributed by atoms with Gasteiger partial charge in [0.1, 0.15) is 5.75 Å². The van der Waals surface area contributed by atoms with E-state index in [-0.39, 0.29) is 5.91 Å². The van der Waals surface area contributed by atoms with Crippen LogP contribution in [0.3, 0.4) is 0 Å². The average molecular weight is 542 g/mol. The summed E-state index contributed by atoms with van der Waals surface area (Å²) in [4.78, 5) is 26.4. The number of para-hydroxylation sites is 1. The van der Waals surface area contributed by atoms with Crippen LogP contribution < -0.4 is 20.3 Å². The van der Waals surface area contributed by atoms with Crippen LogP contribution in [0.4, 0.5) is 23.0 Å². The molecule has 1 amide bonds. The van der Waals surface area contributed by atoms with Gasteiger partial charge in [0.25, 0.3) is 0 Å². The number of carbonyl (C=O) groups excluding carboxylic acids is 1. The molecule has 2 aromatic carbocycles. The maximum absolute atomic E-state index is 12.7. The lowest BCUT2D eigenvalue weighted by atomic mass is 10.1. The van der Waals surface area contributed by atoms with E-state index >= 15 is 0 Å². The van der Waals surface area contributed by atoms with Crippen LogP contribution in [-0.4, -0.2) is 66.7 Å². The standard InChI is InChI=1S/C31H39N7O2/c1-8-9-14-30(39)33-25-18-26(29(40-7)19-28(25)37(5)16-15-36(3)4)35-31-32-21(2)17-24(34-31)23-20-38(6)27-13-11-10-12-22(23)27/h9-14,17-20H,8,15-16H2,1-7H3,(H,33,39)(H,32,34,35)/b14-9-. The van der Waals surface area contributed by atoms with Gasteiger partial charge < -0.3 is 29.7 Å². The summed E-state index contributed by atoms with van der Waals surface area (Å²) in [5.74, 6) is 0.869. The number of rotatable bonds is 11. The quantitative estimate of drug-likeness (QED) is 0.239. The predicted octanol–water partition coefficient (Wildman–Crippen LogP) is 5.60. The molecule has 0 aliphatic rings. The van der Waals surface area contributed by atoms with Crippen molar-refractivity contribution in [3.63, 3.8) is 0 Å². The SMILES string of the molecule is CC/C=C\C(=O)Nc1cc(Nc2nc(C)cc(-c3cn(C)c4ccccc34)n2)c(OC)cc1N(C)CCN(C)C. The van der Waals surface area contributed by atoms with Crippen LogP contribution in [0.15, 0.2) is 60.8 Å². The number of likely N-dealkylation sites (N-methyl/N-ethyl adjacent to an activating group) is 2. The van der Waals surface area contributed by atoms with Crippen molar-refractivity contribution < 1.29 is 9.53 Å². The molecule has 2 N–H and O–H groups in total. The Morgan fingerprint density at radius 2 is 1.85 bits per heavy atom. The normalized spacial score (nSPS) is 11.4. The van der Waals surface area contributed by atoms with E-state index in [1.807, 2.05) is 78.4 Å². The summed E-state index contributed by atoms with van der Waals surface area (Å²) in [6, 6.07) is 14.1. The second-order valence-corrected chi connectivity index (χ2v) is 10.1. The van der Waals surface area contributed by atoms with Crippen molar-refractivity contribution in [1.29, 1.82) is 0 Å². The number of fused-ring (bicyclic) bond motifs is 1. The number of allylic oxidation sites excluding steroid dienone is 1. The number of carbonyl (C=O) groups is 1. The summed E-state index contributed by atoms with van der Waals surface area (Å²) in [5.41, 5.74) is 5.99. The minimum Gasteiger partial charge on any atom is -0.494 e. The monoisotopic (exact) mass is 541 g/mol. The third-order valence-corrected chi connectivity index (χ3v) is 6.65. The molecule has 0 bridgehead atoms. The van der Waals surface area contributed by atoms with Crippen molar-refractivity contribution >= 4 is 39.8 Å². The van der Waals surface area contributed by atoms with Gasteiger partial charge in [-0.25, -0.2) is 9.97 Å². The van der Waals surface area contributed by atoms with Crippen molar-refractivity contribution in [3.8, 4) is 17.0 Å². The molecule has 2 aromatic heterocycles. The lowest BCUT2D eigenvalue weighted by molar-refractivity contribution is -0.111. The van der Waals surface area contributed by atoms with Gasteiger partial charge in [0.2, 0.25) is 11.9 Å². The zero-order valence-corrected chi connectivity index (χ0v) is 24.4. The number of benzene rings is 2. The summed E-state index contributed by atoms with van der Waals surface area (Å²) in [6.07, 6.45) is 6.26. The number of amides is 1. The summed E-state index contributed by atoms with van der Waals surface area (Å²) >= 11 is 0. The number of nitrogens with zero attached hydrogens (tertiary/aromatic N) is 5. The van der Waals surface area contributed by atoms with Gasteiger partial charge in [0, 0.05) is 61.6 Å². The minimum atomic E-state index is -0.190. The molecule has 40 heavy (non-hydrogen) atoms. The maximum atomic E-state index is 12.7. The summed E-state index contributed by atoms with van der Waals surface area (Å²) < 4.78 is 7.88. The molecular weight excluding hydrogens is 502 g/mol. The number of anilines is 4. The number of aromatic nitrogens is 3. The molecule has 9 nitrogen and oxygen atoms in total. The number of ether oxygens (including phenoxy) is 1. The van der Waals surface area contributed by atoms with Crippen LogP contribution in [0, 0.1) is 6.92 Å². The van der Waals surface area contributed by atoms with Crippen LogP contribution in [0.1, 0.15) is 19.0 Å². The Balaban J connectivity index is 1.74. The first-order valence-corrected chi connectivity index (χ1v) is 13.4. The average Bonchev–Trinajstić information content (AvgIpc) is 3.27. The fourth-order valence-corrected chi connectivity index (χ4v) is 4.55. The molecule has 0 saturated heterocycles. The van der Waals surface area contributed by atoms with Crippen molar-refractivity contribution in [2.24, 2.45) is 7.05 Å². The summed E-state index contributed by atoms with van der Waals surface area (Å²) in [6.45, 7) is 5.57. The lowest BCUT2D eigenvalue weighted by Crippen LogP contribution is -2.29. The highest BCUT2D eigenvalue weighted by Gasteiger charge is 2.18. The topological polar surface area (TPSA) is 87.5 Å². The highest BCUT2D eigenvalue weighted by Crippen LogP contribution is 2.38. The molecule has 0 saturated carbocycles. The van der Waals surface area contributed by atoms with Gasteiger partial charge in [0.15, 0.2) is 0 Å². The number of methoxy groups -OCH3 is 1. The molecule has 4 aromatic rings. The van der Waals surface area contributed by atoms with Crippen LogP contribution >= 0.6 is 0 Å². The van der Waals surface area contributed by atoms with E-state index in [2.05, 4.69) is 48.3 Å². The molecular formula is C31H39N7O2. The van der Waals surface area contributed by atoms with Crippen LogP contribution in [0.25, 0.3) is 22.2 Å². The Labute approximate surface area is 236 Å². The molecule has 0 unspecified atom stereocenters. The minimum absolute atomic E-state index is 0.190. The molecule has 9 heteroatoms. The van der Waals surface area contributed by atoms with Gasteiger partial charge in [-0.1, -0.05) is 31.2 Å². The Kier molecular flexibility index (Phi) is 9.06. The van der Waals surface area contributed by atoms with Gasteiger partial charge in [0.05, 0.1) is 29.9 Å². The van der Waals surface area contributed by atoms with Gasteiger partial charge in [-0.2, -0.15) is 0 Å². The van der Waals surface area contributed by atoms with E-state index in [1.54, 1.807) is 13.2 Å². The largest absolute Gasteiger partial charge is 0.494 e. The van der Waals surface area contributed by atoms with Crippen molar-refractivity contribution in [3.05, 3.63) is 66.5 Å². The van der Waals surface area contributed by atoms with Gasteiger partial charge in [-0.3, -0.25) is 4.79 Å². The third-order valence-electron chi connectivity index (χ3n) is 6.65. The van der Waals surface area contributed by atoms with E-state index in [1.165, 1.54) is 0 Å². The van der Waals surface area contributed by atoms with E-state index in [4.69, 9.17) is 9.72 Å². The third kappa shape index (κ3) is 6.60. The molecule has 0 atom stereocenters. The van der Waals surface area contributed by atoms with E-state index in [0.717, 1.165) is 53.1 Å². The summed E-state index contributed by atoms with van der Waals surface area (Å²) in [7, 11) is 9.74. The molecule has 0 aliphatic heterocycles.